The molecule has 0 saturated carbocycles. The number of esters is 1. The van der Waals surface area contributed by atoms with Crippen molar-refractivity contribution < 1.29 is 13.9 Å². The van der Waals surface area contributed by atoms with E-state index in [1.807, 2.05) is 83.3 Å². The van der Waals surface area contributed by atoms with Crippen LogP contribution in [0, 0.1) is 6.92 Å². The third-order valence-corrected chi connectivity index (χ3v) is 6.08. The Bertz CT molecular complexity index is 1690. The number of nitrogens with one attached hydrogen (secondary N) is 1. The number of pyridine rings is 1. The summed E-state index contributed by atoms with van der Waals surface area (Å²) >= 11 is 0. The highest BCUT2D eigenvalue weighted by Crippen LogP contribution is 2.32. The molecule has 3 aromatic heterocycles. The quantitative estimate of drug-likeness (QED) is 0.279. The lowest BCUT2D eigenvalue weighted by Gasteiger charge is -2.22. The van der Waals surface area contributed by atoms with Crippen molar-refractivity contribution in [1.82, 2.24) is 9.61 Å². The van der Waals surface area contributed by atoms with Gasteiger partial charge in [0.25, 0.3) is 0 Å². The molecule has 7 heteroatoms. The molecule has 0 fully saturated rings. The zero-order chi connectivity index (χ0) is 26.3. The Labute approximate surface area is 214 Å². The smallest absolute Gasteiger partial charge is 0.340 e. The molecule has 7 nitrogen and oxygen atoms in total. The Morgan fingerprint density at radius 2 is 1.84 bits per heavy atom. The van der Waals surface area contributed by atoms with Gasteiger partial charge in [-0.1, -0.05) is 24.3 Å². The van der Waals surface area contributed by atoms with Gasteiger partial charge in [-0.05, 0) is 70.5 Å². The van der Waals surface area contributed by atoms with E-state index in [0.29, 0.717) is 28.0 Å². The number of carbonyl (C=O) groups excluding carboxylic acids is 1. The highest BCUT2D eigenvalue weighted by atomic mass is 16.6. The van der Waals surface area contributed by atoms with Gasteiger partial charge < -0.3 is 14.5 Å². The predicted octanol–water partition coefficient (Wildman–Crippen LogP) is 6.54. The fourth-order valence-electron chi connectivity index (χ4n) is 4.44. The normalized spacial score (nSPS) is 12.6. The third kappa shape index (κ3) is 4.85. The van der Waals surface area contributed by atoms with Crippen LogP contribution in [0.3, 0.4) is 0 Å². The van der Waals surface area contributed by atoms with E-state index in [1.54, 1.807) is 22.8 Å². The van der Waals surface area contributed by atoms with Gasteiger partial charge in [-0.2, -0.15) is 5.10 Å². The van der Waals surface area contributed by atoms with Crippen molar-refractivity contribution in [2.45, 2.75) is 46.3 Å². The highest BCUT2D eigenvalue weighted by Gasteiger charge is 2.22. The molecule has 0 radical (unpaired) electrons. The lowest BCUT2D eigenvalue weighted by atomic mass is 10.00. The summed E-state index contributed by atoms with van der Waals surface area (Å²) in [7, 11) is 0. The summed E-state index contributed by atoms with van der Waals surface area (Å²) < 4.78 is 13.7. The first-order valence-electron chi connectivity index (χ1n) is 12.2. The second-order valence-electron chi connectivity index (χ2n) is 10.2. The summed E-state index contributed by atoms with van der Waals surface area (Å²) in [4.78, 5) is 26.1. The number of hydrogen-bond donors (Lipinski definition) is 1. The molecule has 5 aromatic rings. The van der Waals surface area contributed by atoms with Crippen LogP contribution >= 0.6 is 0 Å². The number of nitrogens with zero attached hydrogens (tertiary/aromatic N) is 2. The fourth-order valence-corrected chi connectivity index (χ4v) is 4.44. The summed E-state index contributed by atoms with van der Waals surface area (Å²) in [6, 6.07) is 18.1. The van der Waals surface area contributed by atoms with E-state index in [2.05, 4.69) is 10.4 Å². The Kier molecular flexibility index (Phi) is 6.07. The largest absolute Gasteiger partial charge is 0.456 e. The number of aryl methyl sites for hydroxylation is 1. The number of fused-ring (bicyclic) bond motifs is 2. The molecule has 0 bridgehead atoms. The van der Waals surface area contributed by atoms with Crippen LogP contribution < -0.4 is 10.7 Å². The molecule has 0 amide bonds. The Morgan fingerprint density at radius 1 is 1.08 bits per heavy atom. The molecule has 0 spiro atoms. The summed E-state index contributed by atoms with van der Waals surface area (Å²) in [5, 5.41) is 8.32. The van der Waals surface area contributed by atoms with Crippen LogP contribution in [0.5, 0.6) is 0 Å². The lowest BCUT2D eigenvalue weighted by molar-refractivity contribution is 0.00706. The van der Waals surface area contributed by atoms with Crippen molar-refractivity contribution in [3.8, 4) is 11.3 Å². The number of hydrogen-bond acceptors (Lipinski definition) is 6. The van der Waals surface area contributed by atoms with E-state index in [9.17, 15) is 9.59 Å². The zero-order valence-electron chi connectivity index (χ0n) is 21.5. The van der Waals surface area contributed by atoms with E-state index in [1.165, 1.54) is 6.07 Å². The number of rotatable bonds is 5. The van der Waals surface area contributed by atoms with Gasteiger partial charge in [0.15, 0.2) is 5.43 Å². The number of para-hydroxylation sites is 1. The summed E-state index contributed by atoms with van der Waals surface area (Å²) in [6.07, 6.45) is 3.55. The van der Waals surface area contributed by atoms with Crippen LogP contribution in [-0.4, -0.2) is 21.2 Å². The summed E-state index contributed by atoms with van der Waals surface area (Å²) in [5.74, 6) is 0.0453. The molecule has 1 N–H and O–H groups in total. The van der Waals surface area contributed by atoms with Gasteiger partial charge in [0.05, 0.1) is 34.3 Å². The van der Waals surface area contributed by atoms with Gasteiger partial charge in [0.1, 0.15) is 16.9 Å². The van der Waals surface area contributed by atoms with Gasteiger partial charge in [0, 0.05) is 23.5 Å². The maximum absolute atomic E-state index is 13.2. The van der Waals surface area contributed by atoms with Crippen molar-refractivity contribution in [3.05, 3.63) is 100.0 Å². The number of aromatic nitrogens is 2. The van der Waals surface area contributed by atoms with E-state index in [4.69, 9.17) is 9.15 Å². The Balaban J connectivity index is 1.59. The van der Waals surface area contributed by atoms with Crippen LogP contribution in [0.2, 0.25) is 0 Å². The van der Waals surface area contributed by atoms with Crippen molar-refractivity contribution in [1.29, 1.82) is 0 Å². The van der Waals surface area contributed by atoms with Crippen LogP contribution in [0.15, 0.2) is 82.3 Å². The molecule has 0 aliphatic rings. The number of carbonyl (C=O) groups is 1. The summed E-state index contributed by atoms with van der Waals surface area (Å²) in [6.45, 7) is 9.44. The fraction of sp³-hybridized carbons (Fsp3) is 0.233. The lowest BCUT2D eigenvalue weighted by Crippen LogP contribution is -2.24. The number of benzene rings is 2. The van der Waals surface area contributed by atoms with Crippen molar-refractivity contribution >= 4 is 28.1 Å². The van der Waals surface area contributed by atoms with Crippen LogP contribution in [0.1, 0.15) is 55.2 Å². The highest BCUT2D eigenvalue weighted by molar-refractivity contribution is 5.96. The maximum Gasteiger partial charge on any atom is 0.340 e. The minimum absolute atomic E-state index is 0.127. The van der Waals surface area contributed by atoms with Crippen LogP contribution in [0.25, 0.3) is 27.8 Å². The van der Waals surface area contributed by atoms with E-state index in [0.717, 1.165) is 22.2 Å². The molecule has 0 aliphatic heterocycles. The topological polar surface area (TPSA) is 85.8 Å². The Hall–Kier alpha value is -4.39. The minimum Gasteiger partial charge on any atom is -0.456 e. The number of anilines is 1. The molecular formula is C30H29N3O4. The van der Waals surface area contributed by atoms with Gasteiger partial charge >= 0.3 is 5.97 Å². The van der Waals surface area contributed by atoms with Crippen LogP contribution in [-0.2, 0) is 4.74 Å². The average molecular weight is 496 g/mol. The molecular weight excluding hydrogens is 466 g/mol. The third-order valence-electron chi connectivity index (χ3n) is 6.08. The second-order valence-corrected chi connectivity index (χ2v) is 10.2. The van der Waals surface area contributed by atoms with E-state index in [-0.39, 0.29) is 11.5 Å². The average Bonchev–Trinajstić information content (AvgIpc) is 3.27. The molecule has 3 heterocycles. The minimum atomic E-state index is -0.611. The molecule has 1 atom stereocenters. The number of ether oxygens (including phenoxy) is 1. The van der Waals surface area contributed by atoms with Gasteiger partial charge in [-0.3, -0.25) is 4.79 Å². The van der Waals surface area contributed by atoms with E-state index < -0.39 is 11.6 Å². The van der Waals surface area contributed by atoms with E-state index >= 15 is 0 Å². The molecule has 0 saturated heterocycles. The molecule has 37 heavy (non-hydrogen) atoms. The molecule has 1 unspecified atom stereocenters. The SMILES string of the molecule is Cc1cc(C(C)Nc2ccccc2C(=O)OC(C)(C)C)c2oc(-c3cnn4ccccc34)cc(=O)c2c1. The van der Waals surface area contributed by atoms with Crippen molar-refractivity contribution in [3.63, 3.8) is 0 Å². The van der Waals surface area contributed by atoms with Gasteiger partial charge in [0.2, 0.25) is 0 Å². The molecule has 5 rings (SSSR count). The standard InChI is InChI=1S/C30H29N3O4/c1-18-14-21(19(2)32-24-11-7-6-10-20(24)29(35)37-30(3,4)5)28-22(15-18)26(34)16-27(36-28)23-17-31-33-13-9-8-12-25(23)33/h6-17,19,32H,1-5H3. The summed E-state index contributed by atoms with van der Waals surface area (Å²) in [5.41, 5.74) is 4.17. The molecule has 0 aliphatic carbocycles. The van der Waals surface area contributed by atoms with Crippen LogP contribution in [0.4, 0.5) is 5.69 Å². The van der Waals surface area contributed by atoms with Gasteiger partial charge in [-0.25, -0.2) is 9.31 Å². The second kappa shape index (κ2) is 9.24. The first-order chi connectivity index (χ1) is 17.6. The zero-order valence-corrected chi connectivity index (χ0v) is 21.5. The monoisotopic (exact) mass is 495 g/mol. The maximum atomic E-state index is 13.2. The first kappa shape index (κ1) is 24.3. The van der Waals surface area contributed by atoms with Gasteiger partial charge in [-0.15, -0.1) is 0 Å². The predicted molar refractivity (Wildman–Crippen MR) is 145 cm³/mol. The first-order valence-corrected chi connectivity index (χ1v) is 12.2. The molecule has 2 aromatic carbocycles. The van der Waals surface area contributed by atoms with Crippen molar-refractivity contribution in [2.75, 3.05) is 5.32 Å². The van der Waals surface area contributed by atoms with Crippen molar-refractivity contribution in [2.24, 2.45) is 0 Å². The Morgan fingerprint density at radius 3 is 2.62 bits per heavy atom. The molecule has 188 valence electrons.